The van der Waals surface area contributed by atoms with E-state index in [0.29, 0.717) is 13.1 Å². The molecule has 0 aromatic heterocycles. The quantitative estimate of drug-likeness (QED) is 0.598. The molecule has 4 nitrogen and oxygen atoms in total. The summed E-state index contributed by atoms with van der Waals surface area (Å²) < 4.78 is 22.9. The molecule has 2 heterocycles. The second-order valence-electron chi connectivity index (χ2n) is 4.83. The van der Waals surface area contributed by atoms with Crippen LogP contribution in [-0.2, 0) is 14.6 Å². The maximum absolute atomic E-state index is 11.5. The fourth-order valence-electron chi connectivity index (χ4n) is 2.70. The lowest BCUT2D eigenvalue weighted by molar-refractivity contribution is -0.125. The lowest BCUT2D eigenvalue weighted by Crippen LogP contribution is -2.32. The Balaban J connectivity index is 2.19. The van der Waals surface area contributed by atoms with Gasteiger partial charge in [0.2, 0.25) is 5.91 Å². The zero-order chi connectivity index (χ0) is 11.3. The zero-order valence-electron chi connectivity index (χ0n) is 8.77. The van der Waals surface area contributed by atoms with Crippen molar-refractivity contribution >= 4 is 15.7 Å². The molecule has 0 bridgehead atoms. The van der Waals surface area contributed by atoms with Gasteiger partial charge in [0, 0.05) is 18.5 Å². The van der Waals surface area contributed by atoms with E-state index < -0.39 is 9.84 Å². The van der Waals surface area contributed by atoms with Gasteiger partial charge in [-0.25, -0.2) is 8.42 Å². The molecule has 15 heavy (non-hydrogen) atoms. The molecule has 2 aliphatic heterocycles. The van der Waals surface area contributed by atoms with Gasteiger partial charge >= 0.3 is 0 Å². The third-order valence-corrected chi connectivity index (χ3v) is 5.48. The average molecular weight is 229 g/mol. The monoisotopic (exact) mass is 229 g/mol. The van der Waals surface area contributed by atoms with E-state index in [-0.39, 0.29) is 28.7 Å². The predicted octanol–water partition coefficient (Wildman–Crippen LogP) is 0.0655. The third-order valence-electron chi connectivity index (χ3n) is 3.47. The summed E-state index contributed by atoms with van der Waals surface area (Å²) in [5, 5.41) is 0. The van der Waals surface area contributed by atoms with Crippen LogP contribution in [-0.4, -0.2) is 43.8 Å². The highest BCUT2D eigenvalue weighted by atomic mass is 32.2. The van der Waals surface area contributed by atoms with Gasteiger partial charge in [0.15, 0.2) is 9.84 Å². The second kappa shape index (κ2) is 3.07. The van der Waals surface area contributed by atoms with Crippen molar-refractivity contribution in [2.75, 3.05) is 24.6 Å². The molecule has 1 amide bonds. The van der Waals surface area contributed by atoms with Crippen LogP contribution >= 0.6 is 0 Å². The number of sulfone groups is 1. The summed E-state index contributed by atoms with van der Waals surface area (Å²) in [5.74, 6) is 0.449. The molecule has 2 fully saturated rings. The molecule has 2 aliphatic rings. The first-order valence-electron chi connectivity index (χ1n) is 4.98. The fraction of sp³-hybridized carbons (Fsp3) is 0.700. The Morgan fingerprint density at radius 2 is 2.27 bits per heavy atom. The molecule has 0 aliphatic carbocycles. The van der Waals surface area contributed by atoms with Crippen LogP contribution in [0, 0.1) is 11.3 Å². The van der Waals surface area contributed by atoms with E-state index in [1.807, 2.05) is 6.92 Å². The van der Waals surface area contributed by atoms with Crippen molar-refractivity contribution in [3.05, 3.63) is 12.7 Å². The third kappa shape index (κ3) is 1.69. The van der Waals surface area contributed by atoms with E-state index in [1.165, 1.54) is 6.08 Å². The van der Waals surface area contributed by atoms with Crippen molar-refractivity contribution in [3.8, 4) is 0 Å². The molecule has 84 valence electrons. The number of hydrogen-bond donors (Lipinski definition) is 0. The molecular weight excluding hydrogens is 214 g/mol. The molecule has 0 saturated carbocycles. The van der Waals surface area contributed by atoms with Crippen molar-refractivity contribution in [1.29, 1.82) is 0 Å². The Bertz CT molecular complexity index is 414. The van der Waals surface area contributed by atoms with Crippen molar-refractivity contribution in [1.82, 2.24) is 4.90 Å². The van der Waals surface area contributed by atoms with Crippen LogP contribution in [0.25, 0.3) is 0 Å². The lowest BCUT2D eigenvalue weighted by atomic mass is 9.84. The molecular formula is C10H15NO3S. The summed E-state index contributed by atoms with van der Waals surface area (Å²) >= 11 is 0. The minimum absolute atomic E-state index is 0.0944. The minimum Gasteiger partial charge on any atom is -0.338 e. The van der Waals surface area contributed by atoms with Crippen molar-refractivity contribution < 1.29 is 13.2 Å². The maximum atomic E-state index is 11.5. The predicted molar refractivity (Wildman–Crippen MR) is 57.0 cm³/mol. The van der Waals surface area contributed by atoms with Crippen LogP contribution in [0.1, 0.15) is 6.92 Å². The summed E-state index contributed by atoms with van der Waals surface area (Å²) in [6.45, 7) is 6.50. The Morgan fingerprint density at radius 1 is 1.60 bits per heavy atom. The number of rotatable bonds is 1. The smallest absolute Gasteiger partial charge is 0.245 e. The normalized spacial score (nSPS) is 37.7. The van der Waals surface area contributed by atoms with Crippen molar-refractivity contribution in [2.24, 2.45) is 11.3 Å². The van der Waals surface area contributed by atoms with E-state index in [4.69, 9.17) is 0 Å². The molecule has 0 radical (unpaired) electrons. The van der Waals surface area contributed by atoms with Gasteiger partial charge in [0.25, 0.3) is 0 Å². The van der Waals surface area contributed by atoms with Crippen LogP contribution in [0.2, 0.25) is 0 Å². The number of fused-ring (bicyclic) bond motifs is 1. The molecule has 5 heteroatoms. The zero-order valence-corrected chi connectivity index (χ0v) is 9.59. The minimum atomic E-state index is -2.88. The Hall–Kier alpha value is -0.840. The SMILES string of the molecule is C=CC(=O)N1C[C@H]2CS(=O)(=O)C[C@@]2(C)C1. The van der Waals surface area contributed by atoms with Crippen LogP contribution < -0.4 is 0 Å². The molecule has 0 aromatic carbocycles. The van der Waals surface area contributed by atoms with Gasteiger partial charge in [0.05, 0.1) is 11.5 Å². The van der Waals surface area contributed by atoms with Crippen molar-refractivity contribution in [2.45, 2.75) is 6.92 Å². The standard InChI is InChI=1S/C10H15NO3S/c1-3-9(12)11-4-8-5-15(13,14)7-10(8,2)6-11/h3,8H,1,4-7H2,2H3/t8-,10+/m0/s1. The van der Waals surface area contributed by atoms with Gasteiger partial charge in [-0.05, 0) is 12.0 Å². The highest BCUT2D eigenvalue weighted by molar-refractivity contribution is 7.91. The maximum Gasteiger partial charge on any atom is 0.245 e. The number of carbonyl (C=O) groups is 1. The lowest BCUT2D eigenvalue weighted by Gasteiger charge is -2.20. The second-order valence-corrected chi connectivity index (χ2v) is 6.94. The van der Waals surface area contributed by atoms with Crippen LogP contribution in [0.5, 0.6) is 0 Å². The number of hydrogen-bond acceptors (Lipinski definition) is 3. The summed E-state index contributed by atoms with van der Waals surface area (Å²) in [5.41, 5.74) is -0.239. The molecule has 2 rings (SSSR count). The summed E-state index contributed by atoms with van der Waals surface area (Å²) in [6, 6.07) is 0. The summed E-state index contributed by atoms with van der Waals surface area (Å²) in [7, 11) is -2.88. The van der Waals surface area contributed by atoms with E-state index in [2.05, 4.69) is 6.58 Å². The number of amides is 1. The average Bonchev–Trinajstić information content (AvgIpc) is 2.50. The first-order valence-corrected chi connectivity index (χ1v) is 6.80. The number of nitrogens with zero attached hydrogens (tertiary/aromatic N) is 1. The van der Waals surface area contributed by atoms with E-state index in [9.17, 15) is 13.2 Å². The van der Waals surface area contributed by atoms with Crippen molar-refractivity contribution in [3.63, 3.8) is 0 Å². The molecule has 0 spiro atoms. The van der Waals surface area contributed by atoms with E-state index >= 15 is 0 Å². The van der Waals surface area contributed by atoms with Gasteiger partial charge in [-0.2, -0.15) is 0 Å². The fourth-order valence-corrected chi connectivity index (χ4v) is 5.27. The highest BCUT2D eigenvalue weighted by Gasteiger charge is 2.53. The molecule has 0 aromatic rings. The van der Waals surface area contributed by atoms with Crippen LogP contribution in [0.15, 0.2) is 12.7 Å². The van der Waals surface area contributed by atoms with E-state index in [0.717, 1.165) is 0 Å². The molecule has 2 atom stereocenters. The molecule has 2 saturated heterocycles. The summed E-state index contributed by atoms with van der Waals surface area (Å²) in [4.78, 5) is 13.1. The van der Waals surface area contributed by atoms with Gasteiger partial charge in [-0.1, -0.05) is 13.5 Å². The van der Waals surface area contributed by atoms with Gasteiger partial charge < -0.3 is 4.90 Å². The number of carbonyl (C=O) groups excluding carboxylic acids is 1. The Morgan fingerprint density at radius 3 is 2.80 bits per heavy atom. The van der Waals surface area contributed by atoms with E-state index in [1.54, 1.807) is 4.90 Å². The summed E-state index contributed by atoms with van der Waals surface area (Å²) in [6.07, 6.45) is 1.29. The van der Waals surface area contributed by atoms with Crippen LogP contribution in [0.3, 0.4) is 0 Å². The number of likely N-dealkylation sites (tertiary alicyclic amines) is 1. The Kier molecular flexibility index (Phi) is 2.19. The first-order chi connectivity index (χ1) is 6.86. The van der Waals surface area contributed by atoms with Gasteiger partial charge in [0.1, 0.15) is 0 Å². The largest absolute Gasteiger partial charge is 0.338 e. The molecule has 0 N–H and O–H groups in total. The topological polar surface area (TPSA) is 54.5 Å². The Labute approximate surface area is 89.9 Å². The molecule has 0 unspecified atom stereocenters. The van der Waals surface area contributed by atoms with Gasteiger partial charge in [-0.15, -0.1) is 0 Å². The van der Waals surface area contributed by atoms with Crippen LogP contribution in [0.4, 0.5) is 0 Å². The van der Waals surface area contributed by atoms with Gasteiger partial charge in [-0.3, -0.25) is 4.79 Å². The highest BCUT2D eigenvalue weighted by Crippen LogP contribution is 2.43. The first kappa shape index (κ1) is 10.7.